The average molecular weight is 281 g/mol. The molecule has 0 fully saturated rings. The monoisotopic (exact) mass is 281 g/mol. The summed E-state index contributed by atoms with van der Waals surface area (Å²) in [5.74, 6) is 0.233. The summed E-state index contributed by atoms with van der Waals surface area (Å²) in [4.78, 5) is 26.3. The van der Waals surface area contributed by atoms with E-state index in [1.807, 2.05) is 5.32 Å². The summed E-state index contributed by atoms with van der Waals surface area (Å²) < 4.78 is 10.4. The topological polar surface area (TPSA) is 104 Å². The minimum absolute atomic E-state index is 0.0126. The van der Waals surface area contributed by atoms with E-state index in [1.165, 1.54) is 6.20 Å². The number of nitrogens with two attached hydrogens (primary N) is 1. The van der Waals surface area contributed by atoms with Crippen LogP contribution in [0, 0.1) is 5.92 Å². The third kappa shape index (κ3) is 5.66. The van der Waals surface area contributed by atoms with Crippen LogP contribution in [0.5, 0.6) is 11.6 Å². The molecule has 0 aliphatic heterocycles. The van der Waals surface area contributed by atoms with E-state index >= 15 is 0 Å². The first-order valence-corrected chi connectivity index (χ1v) is 6.32. The van der Waals surface area contributed by atoms with E-state index in [-0.39, 0.29) is 12.4 Å². The predicted molar refractivity (Wildman–Crippen MR) is 72.4 cm³/mol. The third-order valence-electron chi connectivity index (χ3n) is 2.31. The zero-order valence-electron chi connectivity index (χ0n) is 11.6. The Morgan fingerprint density at radius 3 is 2.85 bits per heavy atom. The fraction of sp³-hybridized carbons (Fsp3) is 0.462. The summed E-state index contributed by atoms with van der Waals surface area (Å²) in [6.45, 7) is 4.35. The second-order valence-corrected chi connectivity index (χ2v) is 4.48. The number of aromatic nitrogens is 1. The quantitative estimate of drug-likeness (QED) is 0.808. The number of rotatable bonds is 6. The van der Waals surface area contributed by atoms with E-state index in [0.29, 0.717) is 18.3 Å². The molecule has 0 unspecified atom stereocenters. The predicted octanol–water partition coefficient (Wildman–Crippen LogP) is 1.08. The Bertz CT molecular complexity index is 463. The molecular formula is C13H19N3O4. The highest BCUT2D eigenvalue weighted by Crippen LogP contribution is 2.23. The van der Waals surface area contributed by atoms with Gasteiger partial charge in [0.15, 0.2) is 5.75 Å². The van der Waals surface area contributed by atoms with Crippen molar-refractivity contribution in [3.63, 3.8) is 0 Å². The normalized spacial score (nSPS) is 10.2. The zero-order valence-corrected chi connectivity index (χ0v) is 11.6. The molecule has 0 spiro atoms. The first-order valence-electron chi connectivity index (χ1n) is 6.32. The van der Waals surface area contributed by atoms with Crippen LogP contribution in [0.2, 0.25) is 0 Å². The van der Waals surface area contributed by atoms with Crippen molar-refractivity contribution in [1.82, 2.24) is 10.3 Å². The molecule has 1 aromatic heterocycles. The summed E-state index contributed by atoms with van der Waals surface area (Å²) in [5.41, 5.74) is 5.08. The maximum atomic E-state index is 11.4. The van der Waals surface area contributed by atoms with Crippen LogP contribution >= 0.6 is 0 Å². The lowest BCUT2D eigenvalue weighted by atomic mass is 10.1. The molecule has 0 atom stereocenters. The molecule has 0 radical (unpaired) electrons. The standard InChI is InChI=1S/C13H19N3O4/c1-9(2)5-7-19-10-4-3-6-15-12(10)20-13(18)16-11(17)8-14/h3-4,6,9H,5,7-8,14H2,1-2H3,(H,16,17,18). The number of amides is 2. The van der Waals surface area contributed by atoms with E-state index in [4.69, 9.17) is 15.2 Å². The molecule has 3 N–H and O–H groups in total. The average Bonchev–Trinajstić information content (AvgIpc) is 2.40. The van der Waals surface area contributed by atoms with Crippen LogP contribution in [-0.2, 0) is 4.79 Å². The van der Waals surface area contributed by atoms with Gasteiger partial charge in [-0.15, -0.1) is 0 Å². The highest BCUT2D eigenvalue weighted by Gasteiger charge is 2.13. The van der Waals surface area contributed by atoms with Crippen molar-refractivity contribution in [3.8, 4) is 11.6 Å². The van der Waals surface area contributed by atoms with Crippen molar-refractivity contribution in [2.24, 2.45) is 11.7 Å². The molecule has 2 amide bonds. The molecule has 1 heterocycles. The van der Waals surface area contributed by atoms with Gasteiger partial charge in [0.2, 0.25) is 5.91 Å². The van der Waals surface area contributed by atoms with Crippen LogP contribution in [0.3, 0.4) is 0 Å². The van der Waals surface area contributed by atoms with E-state index in [9.17, 15) is 9.59 Å². The number of nitrogens with zero attached hydrogens (tertiary/aromatic N) is 1. The number of pyridine rings is 1. The molecule has 0 aliphatic rings. The summed E-state index contributed by atoms with van der Waals surface area (Å²) >= 11 is 0. The van der Waals surface area contributed by atoms with Crippen molar-refractivity contribution in [2.75, 3.05) is 13.2 Å². The lowest BCUT2D eigenvalue weighted by Crippen LogP contribution is -2.37. The van der Waals surface area contributed by atoms with Gasteiger partial charge in [-0.3, -0.25) is 10.1 Å². The fourth-order valence-corrected chi connectivity index (χ4v) is 1.25. The second kappa shape index (κ2) is 8.11. The smallest absolute Gasteiger partial charge is 0.420 e. The van der Waals surface area contributed by atoms with Gasteiger partial charge in [-0.05, 0) is 24.5 Å². The maximum absolute atomic E-state index is 11.4. The molecule has 0 aromatic carbocycles. The first kappa shape index (κ1) is 15.9. The van der Waals surface area contributed by atoms with Gasteiger partial charge in [0.25, 0.3) is 5.88 Å². The molecule has 0 saturated heterocycles. The van der Waals surface area contributed by atoms with Gasteiger partial charge in [0.05, 0.1) is 13.2 Å². The number of hydrogen-bond donors (Lipinski definition) is 2. The van der Waals surface area contributed by atoms with E-state index in [1.54, 1.807) is 12.1 Å². The Labute approximate surface area is 117 Å². The molecule has 0 aliphatic carbocycles. The van der Waals surface area contributed by atoms with Crippen molar-refractivity contribution in [2.45, 2.75) is 20.3 Å². The van der Waals surface area contributed by atoms with Crippen molar-refractivity contribution < 1.29 is 19.1 Å². The van der Waals surface area contributed by atoms with Gasteiger partial charge in [0.1, 0.15) is 0 Å². The molecule has 1 rings (SSSR count). The van der Waals surface area contributed by atoms with Gasteiger partial charge in [-0.2, -0.15) is 0 Å². The third-order valence-corrected chi connectivity index (χ3v) is 2.31. The number of carbonyl (C=O) groups is 2. The van der Waals surface area contributed by atoms with Gasteiger partial charge in [0, 0.05) is 6.20 Å². The number of carbonyl (C=O) groups excluding carboxylic acids is 2. The fourth-order valence-electron chi connectivity index (χ4n) is 1.25. The van der Waals surface area contributed by atoms with Crippen LogP contribution in [0.1, 0.15) is 20.3 Å². The summed E-state index contributed by atoms with van der Waals surface area (Å²) in [6.07, 6.45) is 1.39. The summed E-state index contributed by atoms with van der Waals surface area (Å²) in [7, 11) is 0. The molecule has 7 heteroatoms. The number of ether oxygens (including phenoxy) is 2. The van der Waals surface area contributed by atoms with E-state index in [2.05, 4.69) is 18.8 Å². The largest absolute Gasteiger partial charge is 0.488 e. The first-order chi connectivity index (χ1) is 9.52. The minimum atomic E-state index is -0.937. The zero-order chi connectivity index (χ0) is 15.0. The van der Waals surface area contributed by atoms with Gasteiger partial charge in [-0.25, -0.2) is 9.78 Å². The van der Waals surface area contributed by atoms with Gasteiger partial charge < -0.3 is 15.2 Å². The molecule has 20 heavy (non-hydrogen) atoms. The lowest BCUT2D eigenvalue weighted by molar-refractivity contribution is -0.118. The van der Waals surface area contributed by atoms with Gasteiger partial charge >= 0.3 is 6.09 Å². The molecule has 0 bridgehead atoms. The van der Waals surface area contributed by atoms with Crippen molar-refractivity contribution in [3.05, 3.63) is 18.3 Å². The maximum Gasteiger partial charge on any atom is 0.420 e. The SMILES string of the molecule is CC(C)CCOc1cccnc1OC(=O)NC(=O)CN. The minimum Gasteiger partial charge on any atom is -0.488 e. The molecule has 1 aromatic rings. The molecular weight excluding hydrogens is 262 g/mol. The lowest BCUT2D eigenvalue weighted by Gasteiger charge is -2.11. The summed E-state index contributed by atoms with van der Waals surface area (Å²) in [5, 5.41) is 1.96. The van der Waals surface area contributed by atoms with Crippen molar-refractivity contribution >= 4 is 12.0 Å². The Balaban J connectivity index is 2.60. The highest BCUT2D eigenvalue weighted by atomic mass is 16.6. The van der Waals surface area contributed by atoms with Gasteiger partial charge in [-0.1, -0.05) is 13.8 Å². The number of imide groups is 1. The molecule has 7 nitrogen and oxygen atoms in total. The second-order valence-electron chi connectivity index (χ2n) is 4.48. The van der Waals surface area contributed by atoms with E-state index in [0.717, 1.165) is 6.42 Å². The number of nitrogens with one attached hydrogen (secondary N) is 1. The molecule has 110 valence electrons. The Morgan fingerprint density at radius 2 is 2.20 bits per heavy atom. The Kier molecular flexibility index (Phi) is 6.45. The Hall–Kier alpha value is -2.15. The van der Waals surface area contributed by atoms with Crippen molar-refractivity contribution in [1.29, 1.82) is 0 Å². The van der Waals surface area contributed by atoms with Crippen LogP contribution in [0.25, 0.3) is 0 Å². The van der Waals surface area contributed by atoms with E-state index < -0.39 is 12.0 Å². The van der Waals surface area contributed by atoms with Crippen LogP contribution in [0.4, 0.5) is 4.79 Å². The van der Waals surface area contributed by atoms with Crippen LogP contribution < -0.4 is 20.5 Å². The number of hydrogen-bond acceptors (Lipinski definition) is 6. The van der Waals surface area contributed by atoms with Crippen LogP contribution in [-0.4, -0.2) is 30.1 Å². The summed E-state index contributed by atoms with van der Waals surface area (Å²) in [6, 6.07) is 3.31. The molecule has 0 saturated carbocycles. The highest BCUT2D eigenvalue weighted by molar-refractivity contribution is 5.93. The van der Waals surface area contributed by atoms with Crippen LogP contribution in [0.15, 0.2) is 18.3 Å². The Morgan fingerprint density at radius 1 is 1.45 bits per heavy atom.